The summed E-state index contributed by atoms with van der Waals surface area (Å²) in [5, 5.41) is 15.2. The van der Waals surface area contributed by atoms with E-state index in [9.17, 15) is 9.90 Å². The van der Waals surface area contributed by atoms with Crippen molar-refractivity contribution in [3.8, 4) is 16.3 Å². The average Bonchev–Trinajstić information content (AvgIpc) is 3.09. The molecule has 24 heavy (non-hydrogen) atoms. The van der Waals surface area contributed by atoms with Gasteiger partial charge in [-0.15, -0.1) is 11.3 Å². The predicted octanol–water partition coefficient (Wildman–Crippen LogP) is 3.10. The van der Waals surface area contributed by atoms with Gasteiger partial charge in [-0.2, -0.15) is 0 Å². The number of nitrogens with zero attached hydrogens (tertiary/aromatic N) is 1. The van der Waals surface area contributed by atoms with E-state index in [-0.39, 0.29) is 12.0 Å². The summed E-state index contributed by atoms with van der Waals surface area (Å²) < 4.78 is 5.35. The van der Waals surface area contributed by atoms with Gasteiger partial charge in [0.2, 0.25) is 0 Å². The summed E-state index contributed by atoms with van der Waals surface area (Å²) in [4.78, 5) is 16.8. The maximum atomic E-state index is 12.3. The molecule has 1 saturated carbocycles. The van der Waals surface area contributed by atoms with Crippen molar-refractivity contribution in [2.45, 2.75) is 31.8 Å². The van der Waals surface area contributed by atoms with Crippen LogP contribution in [0.2, 0.25) is 0 Å². The number of ether oxygens (including phenoxy) is 1. The first-order valence-corrected chi connectivity index (χ1v) is 9.10. The number of aliphatic hydroxyl groups excluding tert-OH is 1. The molecule has 1 aromatic heterocycles. The summed E-state index contributed by atoms with van der Waals surface area (Å²) in [5.74, 6) is 0.937. The molecule has 6 heteroatoms. The first-order valence-electron chi connectivity index (χ1n) is 8.22. The molecular formula is C18H22N2O3S. The lowest BCUT2D eigenvalue weighted by atomic mass is 9.87. The van der Waals surface area contributed by atoms with Gasteiger partial charge in [-0.3, -0.25) is 4.79 Å². The Balaban J connectivity index is 1.63. The molecule has 2 unspecified atom stereocenters. The zero-order valence-corrected chi connectivity index (χ0v) is 14.5. The van der Waals surface area contributed by atoms with Crippen LogP contribution in [0.15, 0.2) is 29.6 Å². The summed E-state index contributed by atoms with van der Waals surface area (Å²) in [6.07, 6.45) is 3.50. The molecule has 0 saturated heterocycles. The van der Waals surface area contributed by atoms with Crippen LogP contribution in [0.25, 0.3) is 10.6 Å². The van der Waals surface area contributed by atoms with Crippen molar-refractivity contribution in [3.05, 3.63) is 35.3 Å². The Labute approximate surface area is 145 Å². The maximum absolute atomic E-state index is 12.3. The minimum absolute atomic E-state index is 0.160. The highest BCUT2D eigenvalue weighted by Crippen LogP contribution is 2.31. The van der Waals surface area contributed by atoms with E-state index in [2.05, 4.69) is 10.3 Å². The second-order valence-electron chi connectivity index (χ2n) is 6.13. The Morgan fingerprint density at radius 2 is 2.25 bits per heavy atom. The van der Waals surface area contributed by atoms with Gasteiger partial charge in [0.1, 0.15) is 16.5 Å². The van der Waals surface area contributed by atoms with Gasteiger partial charge < -0.3 is 15.2 Å². The molecule has 1 aromatic carbocycles. The molecule has 2 N–H and O–H groups in total. The van der Waals surface area contributed by atoms with E-state index in [0.29, 0.717) is 18.2 Å². The Bertz CT molecular complexity index is 701. The SMILES string of the molecule is COc1ccccc1-c1nc(C(=O)NCC2CCCC(O)C2)cs1. The highest BCUT2D eigenvalue weighted by Gasteiger charge is 2.21. The lowest BCUT2D eigenvalue weighted by Gasteiger charge is -2.25. The van der Waals surface area contributed by atoms with E-state index in [1.165, 1.54) is 11.3 Å². The molecule has 0 aliphatic heterocycles. The van der Waals surface area contributed by atoms with Gasteiger partial charge in [-0.05, 0) is 37.3 Å². The molecule has 5 nitrogen and oxygen atoms in total. The van der Waals surface area contributed by atoms with Gasteiger partial charge in [0.15, 0.2) is 0 Å². The monoisotopic (exact) mass is 346 g/mol. The fourth-order valence-corrected chi connectivity index (χ4v) is 3.93. The number of hydrogen-bond donors (Lipinski definition) is 2. The Morgan fingerprint density at radius 1 is 1.42 bits per heavy atom. The van der Waals surface area contributed by atoms with Crippen molar-refractivity contribution < 1.29 is 14.6 Å². The fraction of sp³-hybridized carbons (Fsp3) is 0.444. The zero-order chi connectivity index (χ0) is 16.9. The van der Waals surface area contributed by atoms with Crippen molar-refractivity contribution in [1.82, 2.24) is 10.3 Å². The fourth-order valence-electron chi connectivity index (χ4n) is 3.10. The first-order chi connectivity index (χ1) is 11.7. The minimum Gasteiger partial charge on any atom is -0.496 e. The molecule has 0 bridgehead atoms. The molecule has 2 atom stereocenters. The topological polar surface area (TPSA) is 71.5 Å². The van der Waals surface area contributed by atoms with Crippen molar-refractivity contribution in [2.24, 2.45) is 5.92 Å². The number of nitrogens with one attached hydrogen (secondary N) is 1. The number of thiazole rings is 1. The van der Waals surface area contributed by atoms with Gasteiger partial charge in [0.25, 0.3) is 5.91 Å². The number of hydrogen-bond acceptors (Lipinski definition) is 5. The van der Waals surface area contributed by atoms with Crippen molar-refractivity contribution in [2.75, 3.05) is 13.7 Å². The van der Waals surface area contributed by atoms with Crippen LogP contribution in [0.5, 0.6) is 5.75 Å². The Hall–Kier alpha value is -1.92. The molecule has 0 spiro atoms. The van der Waals surface area contributed by atoms with Crippen molar-refractivity contribution in [1.29, 1.82) is 0 Å². The number of rotatable bonds is 5. The van der Waals surface area contributed by atoms with E-state index in [1.807, 2.05) is 24.3 Å². The Kier molecular flexibility index (Phi) is 5.48. The maximum Gasteiger partial charge on any atom is 0.270 e. The number of methoxy groups -OCH3 is 1. The smallest absolute Gasteiger partial charge is 0.270 e. The van der Waals surface area contributed by atoms with E-state index in [4.69, 9.17) is 4.74 Å². The third-order valence-corrected chi connectivity index (χ3v) is 5.26. The summed E-state index contributed by atoms with van der Waals surface area (Å²) in [7, 11) is 1.62. The van der Waals surface area contributed by atoms with Crippen LogP contribution in [-0.2, 0) is 0 Å². The second kappa shape index (κ2) is 7.77. The van der Waals surface area contributed by atoms with Crippen LogP contribution in [-0.4, -0.2) is 35.8 Å². The van der Waals surface area contributed by atoms with E-state index in [0.717, 1.165) is 42.0 Å². The standard InChI is InChI=1S/C18H22N2O3S/c1-23-16-8-3-2-7-14(16)18-20-15(11-24-18)17(22)19-10-12-5-4-6-13(21)9-12/h2-3,7-8,11-13,21H,4-6,9-10H2,1H3,(H,19,22). The molecule has 1 aliphatic rings. The highest BCUT2D eigenvalue weighted by atomic mass is 32.1. The number of carbonyl (C=O) groups excluding carboxylic acids is 1. The van der Waals surface area contributed by atoms with Crippen LogP contribution in [0.1, 0.15) is 36.2 Å². The summed E-state index contributed by atoms with van der Waals surface area (Å²) >= 11 is 1.43. The van der Waals surface area contributed by atoms with Gasteiger partial charge in [-0.1, -0.05) is 18.6 Å². The number of aromatic nitrogens is 1. The van der Waals surface area contributed by atoms with Crippen LogP contribution < -0.4 is 10.1 Å². The quantitative estimate of drug-likeness (QED) is 0.873. The molecule has 1 aliphatic carbocycles. The molecule has 1 fully saturated rings. The zero-order valence-electron chi connectivity index (χ0n) is 13.7. The van der Waals surface area contributed by atoms with Crippen LogP contribution >= 0.6 is 11.3 Å². The summed E-state index contributed by atoms with van der Waals surface area (Å²) in [5.41, 5.74) is 1.32. The Morgan fingerprint density at radius 3 is 3.04 bits per heavy atom. The number of aliphatic hydroxyl groups is 1. The molecular weight excluding hydrogens is 324 g/mol. The largest absolute Gasteiger partial charge is 0.496 e. The number of benzene rings is 1. The highest BCUT2D eigenvalue weighted by molar-refractivity contribution is 7.13. The van der Waals surface area contributed by atoms with E-state index in [1.54, 1.807) is 12.5 Å². The molecule has 1 heterocycles. The number of para-hydroxylation sites is 1. The third kappa shape index (κ3) is 3.94. The average molecular weight is 346 g/mol. The van der Waals surface area contributed by atoms with Gasteiger partial charge in [0.05, 0.1) is 18.8 Å². The minimum atomic E-state index is -0.225. The van der Waals surface area contributed by atoms with Gasteiger partial charge >= 0.3 is 0 Å². The van der Waals surface area contributed by atoms with E-state index >= 15 is 0 Å². The molecule has 0 radical (unpaired) electrons. The van der Waals surface area contributed by atoms with Crippen LogP contribution in [0.3, 0.4) is 0 Å². The lowest BCUT2D eigenvalue weighted by molar-refractivity contribution is 0.0871. The normalized spacial score (nSPS) is 20.6. The van der Waals surface area contributed by atoms with Gasteiger partial charge in [0, 0.05) is 11.9 Å². The molecule has 128 valence electrons. The van der Waals surface area contributed by atoms with Gasteiger partial charge in [-0.25, -0.2) is 4.98 Å². The molecule has 3 rings (SSSR count). The molecule has 2 aromatic rings. The van der Waals surface area contributed by atoms with E-state index < -0.39 is 0 Å². The van der Waals surface area contributed by atoms with Crippen LogP contribution in [0, 0.1) is 5.92 Å². The number of amides is 1. The van der Waals surface area contributed by atoms with Crippen molar-refractivity contribution >= 4 is 17.2 Å². The molecule has 1 amide bonds. The van der Waals surface area contributed by atoms with Crippen LogP contribution in [0.4, 0.5) is 0 Å². The third-order valence-electron chi connectivity index (χ3n) is 4.38. The second-order valence-corrected chi connectivity index (χ2v) is 6.99. The predicted molar refractivity (Wildman–Crippen MR) is 94.4 cm³/mol. The lowest BCUT2D eigenvalue weighted by Crippen LogP contribution is -2.33. The summed E-state index contributed by atoms with van der Waals surface area (Å²) in [6, 6.07) is 7.64. The first kappa shape index (κ1) is 16.9. The number of carbonyl (C=O) groups is 1. The van der Waals surface area contributed by atoms with Crippen molar-refractivity contribution in [3.63, 3.8) is 0 Å². The summed E-state index contributed by atoms with van der Waals surface area (Å²) in [6.45, 7) is 0.595.